The Hall–Kier alpha value is -1.86. The summed E-state index contributed by atoms with van der Waals surface area (Å²) in [5, 5.41) is 2.33. The number of anilines is 1. The molecule has 1 heterocycles. The lowest BCUT2D eigenvalue weighted by molar-refractivity contribution is 0.101. The Morgan fingerprint density at radius 2 is 2.19 bits per heavy atom. The lowest BCUT2D eigenvalue weighted by Crippen LogP contribution is -2.15. The molecule has 1 aromatic heterocycles. The fourth-order valence-corrected chi connectivity index (χ4v) is 2.45. The fraction of sp³-hybridized carbons (Fsp3) is 0.154. The van der Waals surface area contributed by atoms with E-state index < -0.39 is 20.8 Å². The van der Waals surface area contributed by atoms with Gasteiger partial charge in [0.15, 0.2) is 0 Å². The zero-order chi connectivity index (χ0) is 17.5. The number of halogens is 2. The van der Waals surface area contributed by atoms with Crippen LogP contribution in [0.25, 0.3) is 0 Å². The molecule has 0 spiro atoms. The third-order valence-corrected chi connectivity index (χ3v) is 4.07. The standard InChI is InChI=1S/C13H12ClFN2O3S/c1-8-5-9(3-4-11(8)15)16-13(18)12-6-10(7-17(12)2)21(14,19)20/h3-7H,1-2H3,(H,16,18)/i3D,5D. The average Bonchev–Trinajstić information content (AvgIpc) is 2.83. The molecule has 1 N–H and O–H groups in total. The molecule has 2 rings (SSSR count). The van der Waals surface area contributed by atoms with Crippen LogP contribution in [0.15, 0.2) is 35.3 Å². The number of hydrogen-bond acceptors (Lipinski definition) is 3. The third-order valence-electron chi connectivity index (χ3n) is 2.75. The molecule has 0 aliphatic carbocycles. The smallest absolute Gasteiger partial charge is 0.272 e. The van der Waals surface area contributed by atoms with Crippen LogP contribution in [0, 0.1) is 12.7 Å². The molecular formula is C13H12ClFN2O3S. The average molecular weight is 333 g/mol. The molecule has 0 unspecified atom stereocenters. The van der Waals surface area contributed by atoms with Gasteiger partial charge in [0, 0.05) is 29.6 Å². The lowest BCUT2D eigenvalue weighted by atomic mass is 10.2. The van der Waals surface area contributed by atoms with Gasteiger partial charge in [0.2, 0.25) is 0 Å². The van der Waals surface area contributed by atoms with Gasteiger partial charge in [0.05, 0.1) is 2.74 Å². The molecule has 2 aromatic rings. The second kappa shape index (κ2) is 5.50. The van der Waals surface area contributed by atoms with Crippen molar-refractivity contribution in [3.8, 4) is 0 Å². The molecule has 0 saturated heterocycles. The van der Waals surface area contributed by atoms with E-state index in [1.165, 1.54) is 18.5 Å². The first-order chi connectivity index (χ1) is 10.5. The number of benzene rings is 1. The molecule has 5 nitrogen and oxygen atoms in total. The maximum absolute atomic E-state index is 13.4. The van der Waals surface area contributed by atoms with E-state index in [0.717, 1.165) is 18.3 Å². The first kappa shape index (κ1) is 12.8. The van der Waals surface area contributed by atoms with Crippen LogP contribution in [0.2, 0.25) is 0 Å². The van der Waals surface area contributed by atoms with Gasteiger partial charge in [0.25, 0.3) is 15.0 Å². The topological polar surface area (TPSA) is 68.2 Å². The molecule has 0 radical (unpaired) electrons. The first-order valence-electron chi connectivity index (χ1n) is 6.71. The Balaban J connectivity index is 2.42. The maximum atomic E-state index is 13.4. The molecule has 0 bridgehead atoms. The summed E-state index contributed by atoms with van der Waals surface area (Å²) < 4.78 is 52.7. The number of carbonyl (C=O) groups is 1. The van der Waals surface area contributed by atoms with Crippen molar-refractivity contribution in [3.63, 3.8) is 0 Å². The van der Waals surface area contributed by atoms with E-state index in [-0.39, 0.29) is 33.9 Å². The zero-order valence-electron chi connectivity index (χ0n) is 13.1. The summed E-state index contributed by atoms with van der Waals surface area (Å²) in [4.78, 5) is 12.0. The van der Waals surface area contributed by atoms with Crippen LogP contribution in [0.1, 0.15) is 18.8 Å². The van der Waals surface area contributed by atoms with Gasteiger partial charge in [-0.2, -0.15) is 0 Å². The number of amides is 1. The van der Waals surface area contributed by atoms with Crippen molar-refractivity contribution in [1.82, 2.24) is 4.57 Å². The summed E-state index contributed by atoms with van der Waals surface area (Å²) in [7, 11) is 2.68. The van der Waals surface area contributed by atoms with E-state index in [4.69, 9.17) is 13.4 Å². The van der Waals surface area contributed by atoms with Gasteiger partial charge in [-0.15, -0.1) is 0 Å². The second-order valence-electron chi connectivity index (χ2n) is 4.33. The van der Waals surface area contributed by atoms with Crippen molar-refractivity contribution >= 4 is 31.3 Å². The Labute approximate surface area is 128 Å². The number of nitrogens with one attached hydrogen (secondary N) is 1. The van der Waals surface area contributed by atoms with Crippen LogP contribution < -0.4 is 5.32 Å². The highest BCUT2D eigenvalue weighted by atomic mass is 35.7. The summed E-state index contributed by atoms with van der Waals surface area (Å²) >= 11 is 0. The van der Waals surface area contributed by atoms with Gasteiger partial charge < -0.3 is 9.88 Å². The molecule has 1 aromatic carbocycles. The van der Waals surface area contributed by atoms with Crippen LogP contribution in [0.4, 0.5) is 10.1 Å². The van der Waals surface area contributed by atoms with Crippen LogP contribution in [0.5, 0.6) is 0 Å². The van der Waals surface area contributed by atoms with E-state index in [2.05, 4.69) is 5.32 Å². The van der Waals surface area contributed by atoms with E-state index in [1.807, 2.05) is 0 Å². The summed E-state index contributed by atoms with van der Waals surface area (Å²) in [5.74, 6) is -1.46. The minimum absolute atomic E-state index is 0.00722. The van der Waals surface area contributed by atoms with E-state index >= 15 is 0 Å². The molecule has 0 saturated carbocycles. The molecule has 0 aliphatic heterocycles. The molecular weight excluding hydrogens is 319 g/mol. The number of aryl methyl sites for hydroxylation is 1. The lowest BCUT2D eigenvalue weighted by Gasteiger charge is -2.07. The van der Waals surface area contributed by atoms with Gasteiger partial charge >= 0.3 is 0 Å². The molecule has 0 aliphatic rings. The predicted octanol–water partition coefficient (Wildman–Crippen LogP) is 2.65. The van der Waals surface area contributed by atoms with Gasteiger partial charge in [-0.25, -0.2) is 12.8 Å². The van der Waals surface area contributed by atoms with Gasteiger partial charge in [-0.3, -0.25) is 4.79 Å². The Morgan fingerprint density at radius 1 is 1.52 bits per heavy atom. The minimum atomic E-state index is -3.99. The highest BCUT2D eigenvalue weighted by Crippen LogP contribution is 2.19. The van der Waals surface area contributed by atoms with Crippen LogP contribution >= 0.6 is 10.7 Å². The molecule has 1 amide bonds. The minimum Gasteiger partial charge on any atom is -0.345 e. The van der Waals surface area contributed by atoms with Gasteiger partial charge in [0.1, 0.15) is 16.4 Å². The van der Waals surface area contributed by atoms with E-state index in [9.17, 15) is 17.6 Å². The maximum Gasteiger partial charge on any atom is 0.272 e. The van der Waals surface area contributed by atoms with Crippen molar-refractivity contribution in [2.24, 2.45) is 7.05 Å². The van der Waals surface area contributed by atoms with Crippen molar-refractivity contribution in [3.05, 3.63) is 47.5 Å². The molecule has 112 valence electrons. The number of hydrogen-bond donors (Lipinski definition) is 1. The number of carbonyl (C=O) groups excluding carboxylic acids is 1. The van der Waals surface area contributed by atoms with Crippen LogP contribution in [-0.2, 0) is 16.1 Å². The Morgan fingerprint density at radius 3 is 2.76 bits per heavy atom. The first-order valence-corrected chi connectivity index (χ1v) is 8.02. The third kappa shape index (κ3) is 3.43. The van der Waals surface area contributed by atoms with E-state index in [1.54, 1.807) is 0 Å². The molecule has 0 atom stereocenters. The van der Waals surface area contributed by atoms with Crippen molar-refractivity contribution in [2.45, 2.75) is 11.8 Å². The second-order valence-corrected chi connectivity index (χ2v) is 6.89. The van der Waals surface area contributed by atoms with Crippen LogP contribution in [0.3, 0.4) is 0 Å². The zero-order valence-corrected chi connectivity index (χ0v) is 12.6. The highest BCUT2D eigenvalue weighted by molar-refractivity contribution is 8.13. The summed E-state index contributed by atoms with van der Waals surface area (Å²) in [6, 6.07) is 1.29. The van der Waals surface area contributed by atoms with Crippen LogP contribution in [-0.4, -0.2) is 18.9 Å². The number of aromatic nitrogens is 1. The number of rotatable bonds is 3. The predicted molar refractivity (Wildman–Crippen MR) is 77.5 cm³/mol. The monoisotopic (exact) mass is 332 g/mol. The molecule has 0 fully saturated rings. The summed E-state index contributed by atoms with van der Waals surface area (Å²) in [6.45, 7) is 1.35. The molecule has 21 heavy (non-hydrogen) atoms. The van der Waals surface area contributed by atoms with Crippen molar-refractivity contribution < 1.29 is 20.3 Å². The Kier molecular flexibility index (Phi) is 3.36. The highest BCUT2D eigenvalue weighted by Gasteiger charge is 2.18. The Bertz CT molecular complexity index is 912. The van der Waals surface area contributed by atoms with Gasteiger partial charge in [-0.1, -0.05) is 0 Å². The quantitative estimate of drug-likeness (QED) is 0.879. The summed E-state index contributed by atoms with van der Waals surface area (Å²) in [6.07, 6.45) is 1.16. The normalized spacial score (nSPS) is 12.8. The SMILES string of the molecule is [2H]c1cc(F)c(C)c([2H])c1NC(=O)c1cc(S(=O)(=O)Cl)cn1C. The van der Waals surface area contributed by atoms with Crippen molar-refractivity contribution in [1.29, 1.82) is 0 Å². The van der Waals surface area contributed by atoms with E-state index in [0.29, 0.717) is 0 Å². The molecule has 8 heteroatoms. The summed E-state index contributed by atoms with van der Waals surface area (Å²) in [5.41, 5.74) is -0.206. The number of nitrogens with zero attached hydrogens (tertiary/aromatic N) is 1. The van der Waals surface area contributed by atoms with Gasteiger partial charge in [-0.05, 0) is 36.7 Å². The van der Waals surface area contributed by atoms with Crippen molar-refractivity contribution in [2.75, 3.05) is 5.32 Å². The largest absolute Gasteiger partial charge is 0.345 e. The fourth-order valence-electron chi connectivity index (χ4n) is 1.67.